The number of hydrogen-bond acceptors (Lipinski definition) is 4. The summed E-state index contributed by atoms with van der Waals surface area (Å²) in [6, 6.07) is 3.21. The number of amides is 1. The van der Waals surface area contributed by atoms with Gasteiger partial charge in [0.25, 0.3) is 0 Å². The molecule has 0 bridgehead atoms. The van der Waals surface area contributed by atoms with E-state index >= 15 is 0 Å². The molecule has 4 rings (SSSR count). The van der Waals surface area contributed by atoms with Crippen molar-refractivity contribution in [2.75, 3.05) is 24.7 Å². The minimum atomic E-state index is -4.49. The van der Waals surface area contributed by atoms with Crippen LogP contribution < -0.4 is 9.64 Å². The maximum Gasteiger partial charge on any atom is 0.416 e. The van der Waals surface area contributed by atoms with Crippen LogP contribution in [-0.4, -0.2) is 35.4 Å². The smallest absolute Gasteiger partial charge is 0.416 e. The highest BCUT2D eigenvalue weighted by atomic mass is 19.4. The van der Waals surface area contributed by atoms with Crippen LogP contribution in [0.3, 0.4) is 0 Å². The number of alkyl halides is 3. The van der Waals surface area contributed by atoms with Crippen molar-refractivity contribution in [3.8, 4) is 5.75 Å². The van der Waals surface area contributed by atoms with Crippen LogP contribution >= 0.6 is 0 Å². The van der Waals surface area contributed by atoms with E-state index in [9.17, 15) is 18.0 Å². The lowest BCUT2D eigenvalue weighted by atomic mass is 9.95. The Morgan fingerprint density at radius 3 is 2.86 bits per heavy atom. The molecule has 2 aliphatic heterocycles. The van der Waals surface area contributed by atoms with Crippen molar-refractivity contribution < 1.29 is 27.4 Å². The Hall–Kier alpha value is -2.55. The second-order valence-electron chi connectivity index (χ2n) is 6.83. The number of rotatable bonds is 3. The second kappa shape index (κ2) is 7.12. The number of nitrogens with zero attached hydrogens (tertiary/aromatic N) is 3. The maximum atomic E-state index is 13.3. The van der Waals surface area contributed by atoms with Crippen molar-refractivity contribution in [2.24, 2.45) is 5.92 Å². The molecule has 1 amide bonds. The fourth-order valence-corrected chi connectivity index (χ4v) is 3.69. The SMILES string of the molecule is CCn1cc([C@H]2OCC[C@@H]2C(=O)N2CCOc3ccc(C(F)(F)F)cc32)cn1. The van der Waals surface area contributed by atoms with Crippen LogP contribution in [0.1, 0.15) is 30.6 Å². The molecule has 3 heterocycles. The number of aryl methyl sites for hydroxylation is 1. The van der Waals surface area contributed by atoms with Crippen LogP contribution in [-0.2, 0) is 22.3 Å². The average Bonchev–Trinajstić information content (AvgIpc) is 3.34. The summed E-state index contributed by atoms with van der Waals surface area (Å²) in [4.78, 5) is 14.7. The molecule has 0 radical (unpaired) electrons. The van der Waals surface area contributed by atoms with E-state index in [-0.39, 0.29) is 30.5 Å². The standard InChI is InChI=1S/C19H20F3N3O3/c1-2-24-11-12(10-23-24)17-14(5-7-28-17)18(26)25-6-8-27-16-4-3-13(9-15(16)25)19(20,21)22/h3-4,9-11,14,17H,2,5-8H2,1H3/t14-,17+/m0/s1. The number of benzene rings is 1. The van der Waals surface area contributed by atoms with Crippen LogP contribution in [0, 0.1) is 5.92 Å². The first-order chi connectivity index (χ1) is 13.4. The minimum Gasteiger partial charge on any atom is -0.490 e. The van der Waals surface area contributed by atoms with Gasteiger partial charge in [-0.25, -0.2) is 0 Å². The summed E-state index contributed by atoms with van der Waals surface area (Å²) in [6.07, 6.45) is -0.925. The summed E-state index contributed by atoms with van der Waals surface area (Å²) < 4.78 is 52.4. The molecule has 1 aromatic carbocycles. The van der Waals surface area contributed by atoms with Gasteiger partial charge >= 0.3 is 6.18 Å². The Morgan fingerprint density at radius 2 is 2.14 bits per heavy atom. The molecule has 2 atom stereocenters. The van der Waals surface area contributed by atoms with E-state index in [1.807, 2.05) is 13.1 Å². The fraction of sp³-hybridized carbons (Fsp3) is 0.474. The van der Waals surface area contributed by atoms with Crippen molar-refractivity contribution >= 4 is 11.6 Å². The van der Waals surface area contributed by atoms with Gasteiger partial charge in [-0.05, 0) is 31.5 Å². The van der Waals surface area contributed by atoms with Gasteiger partial charge in [-0.15, -0.1) is 0 Å². The third-order valence-electron chi connectivity index (χ3n) is 5.13. The van der Waals surface area contributed by atoms with Gasteiger partial charge in [-0.3, -0.25) is 9.48 Å². The summed E-state index contributed by atoms with van der Waals surface area (Å²) in [7, 11) is 0. The van der Waals surface area contributed by atoms with E-state index in [1.165, 1.54) is 11.0 Å². The van der Waals surface area contributed by atoms with Gasteiger partial charge in [0.2, 0.25) is 5.91 Å². The zero-order chi connectivity index (χ0) is 19.9. The van der Waals surface area contributed by atoms with Crippen molar-refractivity contribution in [3.05, 3.63) is 41.7 Å². The number of aromatic nitrogens is 2. The number of ether oxygens (including phenoxy) is 2. The number of anilines is 1. The van der Waals surface area contributed by atoms with Gasteiger partial charge in [-0.2, -0.15) is 18.3 Å². The molecule has 150 valence electrons. The third-order valence-corrected chi connectivity index (χ3v) is 5.13. The van der Waals surface area contributed by atoms with Crippen LogP contribution in [0.5, 0.6) is 5.75 Å². The number of hydrogen-bond donors (Lipinski definition) is 0. The quantitative estimate of drug-likeness (QED) is 0.799. The Labute approximate surface area is 159 Å². The van der Waals surface area contributed by atoms with Crippen molar-refractivity contribution in [3.63, 3.8) is 0 Å². The highest BCUT2D eigenvalue weighted by Gasteiger charge is 2.41. The maximum absolute atomic E-state index is 13.3. The van der Waals surface area contributed by atoms with Crippen LogP contribution in [0.15, 0.2) is 30.6 Å². The molecule has 0 spiro atoms. The summed E-state index contributed by atoms with van der Waals surface area (Å²) in [5.74, 6) is -0.451. The molecule has 0 N–H and O–H groups in total. The van der Waals surface area contributed by atoms with Crippen LogP contribution in [0.25, 0.3) is 0 Å². The molecule has 1 fully saturated rings. The van der Waals surface area contributed by atoms with E-state index in [0.29, 0.717) is 19.6 Å². The monoisotopic (exact) mass is 395 g/mol. The van der Waals surface area contributed by atoms with Gasteiger partial charge in [-0.1, -0.05) is 0 Å². The normalized spacial score (nSPS) is 22.1. The fourth-order valence-electron chi connectivity index (χ4n) is 3.69. The van der Waals surface area contributed by atoms with Crippen molar-refractivity contribution in [1.29, 1.82) is 0 Å². The van der Waals surface area contributed by atoms with E-state index in [2.05, 4.69) is 5.10 Å². The molecule has 2 aromatic rings. The van der Waals surface area contributed by atoms with Crippen LogP contribution in [0.2, 0.25) is 0 Å². The predicted molar refractivity (Wildman–Crippen MR) is 94.0 cm³/mol. The molecule has 0 saturated carbocycles. The number of fused-ring (bicyclic) bond motifs is 1. The lowest BCUT2D eigenvalue weighted by Gasteiger charge is -2.32. The third kappa shape index (κ3) is 3.34. The van der Waals surface area contributed by atoms with Crippen LogP contribution in [0.4, 0.5) is 18.9 Å². The molecular formula is C19H20F3N3O3. The molecule has 6 nitrogen and oxygen atoms in total. The number of carbonyl (C=O) groups excluding carboxylic acids is 1. The summed E-state index contributed by atoms with van der Waals surface area (Å²) >= 11 is 0. The predicted octanol–water partition coefficient (Wildman–Crippen LogP) is 3.43. The van der Waals surface area contributed by atoms with E-state index in [1.54, 1.807) is 10.9 Å². The Morgan fingerprint density at radius 1 is 1.32 bits per heavy atom. The Bertz CT molecular complexity index is 881. The first-order valence-corrected chi connectivity index (χ1v) is 9.18. The van der Waals surface area contributed by atoms with E-state index < -0.39 is 23.8 Å². The number of carbonyl (C=O) groups is 1. The van der Waals surface area contributed by atoms with Crippen molar-refractivity contribution in [2.45, 2.75) is 32.2 Å². The zero-order valence-corrected chi connectivity index (χ0v) is 15.3. The van der Waals surface area contributed by atoms with Crippen molar-refractivity contribution in [1.82, 2.24) is 9.78 Å². The molecule has 2 aliphatic rings. The van der Waals surface area contributed by atoms with E-state index in [4.69, 9.17) is 9.47 Å². The summed E-state index contributed by atoms with van der Waals surface area (Å²) in [5, 5.41) is 4.23. The molecule has 0 aliphatic carbocycles. The van der Waals surface area contributed by atoms with Gasteiger partial charge < -0.3 is 14.4 Å². The highest BCUT2D eigenvalue weighted by molar-refractivity contribution is 5.97. The Balaban J connectivity index is 1.63. The molecule has 28 heavy (non-hydrogen) atoms. The highest BCUT2D eigenvalue weighted by Crippen LogP contribution is 2.41. The average molecular weight is 395 g/mol. The molecule has 1 aromatic heterocycles. The first kappa shape index (κ1) is 18.8. The zero-order valence-electron chi connectivity index (χ0n) is 15.3. The van der Waals surface area contributed by atoms with Gasteiger partial charge in [0, 0.05) is 24.9 Å². The molecule has 9 heteroatoms. The second-order valence-corrected chi connectivity index (χ2v) is 6.83. The van der Waals surface area contributed by atoms with Gasteiger partial charge in [0.1, 0.15) is 12.4 Å². The lowest BCUT2D eigenvalue weighted by Crippen LogP contribution is -2.42. The van der Waals surface area contributed by atoms with Gasteiger partial charge in [0.15, 0.2) is 0 Å². The minimum absolute atomic E-state index is 0.154. The summed E-state index contributed by atoms with van der Waals surface area (Å²) in [6.45, 7) is 3.50. The van der Waals surface area contributed by atoms with Gasteiger partial charge in [0.05, 0.1) is 36.0 Å². The molecular weight excluding hydrogens is 375 g/mol. The molecule has 0 unspecified atom stereocenters. The summed E-state index contributed by atoms with van der Waals surface area (Å²) in [5.41, 5.74) is 0.147. The topological polar surface area (TPSA) is 56.6 Å². The number of halogens is 3. The first-order valence-electron chi connectivity index (χ1n) is 9.18. The van der Waals surface area contributed by atoms with E-state index in [0.717, 1.165) is 17.7 Å². The Kier molecular flexibility index (Phi) is 4.78. The molecule has 1 saturated heterocycles. The lowest BCUT2D eigenvalue weighted by molar-refractivity contribution is -0.137. The largest absolute Gasteiger partial charge is 0.490 e.